The molecule has 5 rings (SSSR count). The van der Waals surface area contributed by atoms with Crippen LogP contribution in [0.25, 0.3) is 0 Å². The van der Waals surface area contributed by atoms with Gasteiger partial charge in [0, 0.05) is 38.1 Å². The van der Waals surface area contributed by atoms with Gasteiger partial charge in [0.15, 0.2) is 6.61 Å². The summed E-state index contributed by atoms with van der Waals surface area (Å²) in [5.74, 6) is -0.125. The maximum atomic E-state index is 14.7. The maximum absolute atomic E-state index is 14.7. The molecule has 0 bridgehead atoms. The first kappa shape index (κ1) is 25.2. The highest BCUT2D eigenvalue weighted by atomic mass is 19.1. The third-order valence-electron chi connectivity index (χ3n) is 7.80. The van der Waals surface area contributed by atoms with Gasteiger partial charge >= 0.3 is 0 Å². The van der Waals surface area contributed by atoms with E-state index in [0.29, 0.717) is 38.3 Å². The van der Waals surface area contributed by atoms with Gasteiger partial charge in [0.1, 0.15) is 11.6 Å². The number of halogens is 1. The van der Waals surface area contributed by atoms with Crippen LogP contribution < -0.4 is 15.6 Å². The standard InChI is InChI=1S/C28H33FN4O4/c29-24-11-10-19(17-25-21-8-4-5-9-22(21)27(35)31-30-25)16-23(24)28(36)33-14-12-32(13-15-33)26(34)18-37-20-6-2-1-3-7-20/h1-3,6-7,10-11,16,21-22,25,30H,4-5,8-9,12-15,17-18H2,(H,31,35). The van der Waals surface area contributed by atoms with Gasteiger partial charge in [0.2, 0.25) is 5.91 Å². The van der Waals surface area contributed by atoms with Crippen molar-refractivity contribution in [2.75, 3.05) is 32.8 Å². The number of para-hydroxylation sites is 1. The van der Waals surface area contributed by atoms with E-state index in [1.807, 2.05) is 18.2 Å². The highest BCUT2D eigenvalue weighted by Gasteiger charge is 2.40. The minimum absolute atomic E-state index is 0.0126. The second-order valence-electron chi connectivity index (χ2n) is 10.1. The molecular formula is C28H33FN4O4. The number of amides is 3. The summed E-state index contributed by atoms with van der Waals surface area (Å²) in [4.78, 5) is 41.3. The van der Waals surface area contributed by atoms with Crippen LogP contribution in [0.2, 0.25) is 0 Å². The van der Waals surface area contributed by atoms with Gasteiger partial charge in [-0.05, 0) is 55.0 Å². The summed E-state index contributed by atoms with van der Waals surface area (Å²) in [6.45, 7) is 1.35. The van der Waals surface area contributed by atoms with Crippen molar-refractivity contribution < 1.29 is 23.5 Å². The topological polar surface area (TPSA) is 91.0 Å². The van der Waals surface area contributed by atoms with E-state index in [9.17, 15) is 18.8 Å². The van der Waals surface area contributed by atoms with Crippen LogP contribution in [0.5, 0.6) is 5.75 Å². The Labute approximate surface area is 216 Å². The lowest BCUT2D eigenvalue weighted by Gasteiger charge is -2.41. The second-order valence-corrected chi connectivity index (χ2v) is 10.1. The van der Waals surface area contributed by atoms with Gasteiger partial charge in [0.05, 0.1) is 5.56 Å². The summed E-state index contributed by atoms with van der Waals surface area (Å²) >= 11 is 0. The Bertz CT molecular complexity index is 1140. The molecule has 196 valence electrons. The predicted molar refractivity (Wildman–Crippen MR) is 135 cm³/mol. The third-order valence-corrected chi connectivity index (χ3v) is 7.80. The number of fused-ring (bicyclic) bond motifs is 1. The average molecular weight is 509 g/mol. The van der Waals surface area contributed by atoms with E-state index >= 15 is 0 Å². The second kappa shape index (κ2) is 11.3. The van der Waals surface area contributed by atoms with Crippen LogP contribution >= 0.6 is 0 Å². The molecule has 2 saturated heterocycles. The van der Waals surface area contributed by atoms with Crippen LogP contribution in [0.15, 0.2) is 48.5 Å². The van der Waals surface area contributed by atoms with Crippen LogP contribution in [0.3, 0.4) is 0 Å². The van der Waals surface area contributed by atoms with Crippen LogP contribution in [0.4, 0.5) is 4.39 Å². The van der Waals surface area contributed by atoms with Gasteiger partial charge in [-0.15, -0.1) is 0 Å². The monoisotopic (exact) mass is 508 g/mol. The highest BCUT2D eigenvalue weighted by Crippen LogP contribution is 2.35. The first-order valence-electron chi connectivity index (χ1n) is 13.1. The molecule has 37 heavy (non-hydrogen) atoms. The van der Waals surface area contributed by atoms with E-state index in [-0.39, 0.29) is 47.8 Å². The van der Waals surface area contributed by atoms with Crippen molar-refractivity contribution in [1.82, 2.24) is 20.7 Å². The number of hydrogen-bond acceptors (Lipinski definition) is 5. The molecule has 3 unspecified atom stereocenters. The molecule has 3 aliphatic rings. The molecular weight excluding hydrogens is 475 g/mol. The Hall–Kier alpha value is -3.46. The van der Waals surface area contributed by atoms with Crippen LogP contribution in [0.1, 0.15) is 41.6 Å². The Morgan fingerprint density at radius 1 is 0.973 bits per heavy atom. The number of carbonyl (C=O) groups excluding carboxylic acids is 3. The van der Waals surface area contributed by atoms with Gasteiger partial charge in [-0.3, -0.25) is 19.8 Å². The lowest BCUT2D eigenvalue weighted by Crippen LogP contribution is -2.60. The molecule has 2 aromatic rings. The van der Waals surface area contributed by atoms with E-state index in [1.54, 1.807) is 34.1 Å². The zero-order chi connectivity index (χ0) is 25.8. The molecule has 9 heteroatoms. The van der Waals surface area contributed by atoms with Crippen molar-refractivity contribution in [1.29, 1.82) is 0 Å². The molecule has 1 saturated carbocycles. The molecule has 1 aliphatic carbocycles. The first-order valence-corrected chi connectivity index (χ1v) is 13.1. The largest absolute Gasteiger partial charge is 0.484 e. The number of rotatable bonds is 6. The summed E-state index contributed by atoms with van der Waals surface area (Å²) in [5, 5.41) is 0. The molecule has 2 heterocycles. The molecule has 0 aromatic heterocycles. The van der Waals surface area contributed by atoms with Crippen molar-refractivity contribution in [3.05, 3.63) is 65.5 Å². The van der Waals surface area contributed by atoms with E-state index in [2.05, 4.69) is 10.9 Å². The smallest absolute Gasteiger partial charge is 0.260 e. The average Bonchev–Trinajstić information content (AvgIpc) is 2.94. The number of benzene rings is 2. The zero-order valence-corrected chi connectivity index (χ0v) is 20.8. The van der Waals surface area contributed by atoms with Crippen molar-refractivity contribution in [2.24, 2.45) is 11.8 Å². The van der Waals surface area contributed by atoms with Crippen LogP contribution in [-0.4, -0.2) is 66.3 Å². The SMILES string of the molecule is O=C1NNC(Cc2ccc(F)c(C(=O)N3CCN(C(=O)COc4ccccc4)CC3)c2)C2CCCCC12. The predicted octanol–water partition coefficient (Wildman–Crippen LogP) is 2.54. The number of hydrazine groups is 1. The summed E-state index contributed by atoms with van der Waals surface area (Å²) in [6.07, 6.45) is 4.66. The van der Waals surface area contributed by atoms with Gasteiger partial charge in [-0.2, -0.15) is 0 Å². The molecule has 0 radical (unpaired) electrons. The van der Waals surface area contributed by atoms with Crippen LogP contribution in [-0.2, 0) is 16.0 Å². The maximum Gasteiger partial charge on any atom is 0.260 e. The van der Waals surface area contributed by atoms with Gasteiger partial charge in [-0.1, -0.05) is 37.1 Å². The fraction of sp³-hybridized carbons (Fsp3) is 0.464. The lowest BCUT2D eigenvalue weighted by molar-refractivity contribution is -0.135. The quantitative estimate of drug-likeness (QED) is 0.626. The van der Waals surface area contributed by atoms with Crippen molar-refractivity contribution in [2.45, 2.75) is 38.1 Å². The third kappa shape index (κ3) is 5.77. The number of carbonyl (C=O) groups is 3. The molecule has 3 fully saturated rings. The van der Waals surface area contributed by atoms with E-state index < -0.39 is 5.82 Å². The molecule has 8 nitrogen and oxygen atoms in total. The number of ether oxygens (including phenoxy) is 1. The Balaban J connectivity index is 1.17. The van der Waals surface area contributed by atoms with E-state index in [1.165, 1.54) is 6.07 Å². The Kier molecular flexibility index (Phi) is 7.69. The highest BCUT2D eigenvalue weighted by molar-refractivity contribution is 5.95. The van der Waals surface area contributed by atoms with Gasteiger partial charge in [0.25, 0.3) is 11.8 Å². The Morgan fingerprint density at radius 3 is 2.49 bits per heavy atom. The minimum atomic E-state index is -0.552. The minimum Gasteiger partial charge on any atom is -0.484 e. The number of piperazine rings is 1. The van der Waals surface area contributed by atoms with E-state index in [0.717, 1.165) is 31.2 Å². The lowest BCUT2D eigenvalue weighted by atomic mass is 9.72. The molecule has 2 aliphatic heterocycles. The van der Waals surface area contributed by atoms with Crippen molar-refractivity contribution in [3.63, 3.8) is 0 Å². The number of hydrogen-bond donors (Lipinski definition) is 2. The van der Waals surface area contributed by atoms with Crippen molar-refractivity contribution >= 4 is 17.7 Å². The normalized spacial score (nSPS) is 23.7. The zero-order valence-electron chi connectivity index (χ0n) is 20.8. The summed E-state index contributed by atoms with van der Waals surface area (Å²) in [6, 6.07) is 13.9. The fourth-order valence-electron chi connectivity index (χ4n) is 5.73. The number of nitrogens with one attached hydrogen (secondary N) is 2. The molecule has 2 N–H and O–H groups in total. The summed E-state index contributed by atoms with van der Waals surface area (Å²) in [5.41, 5.74) is 6.85. The van der Waals surface area contributed by atoms with E-state index in [4.69, 9.17) is 4.74 Å². The Morgan fingerprint density at radius 2 is 1.70 bits per heavy atom. The first-order chi connectivity index (χ1) is 18.0. The van der Waals surface area contributed by atoms with Crippen LogP contribution in [0, 0.1) is 17.7 Å². The summed E-state index contributed by atoms with van der Waals surface area (Å²) in [7, 11) is 0. The molecule has 3 atom stereocenters. The summed E-state index contributed by atoms with van der Waals surface area (Å²) < 4.78 is 20.3. The fourth-order valence-corrected chi connectivity index (χ4v) is 5.73. The molecule has 3 amide bonds. The van der Waals surface area contributed by atoms with Gasteiger partial charge in [-0.25, -0.2) is 9.82 Å². The number of nitrogens with zero attached hydrogens (tertiary/aromatic N) is 2. The van der Waals surface area contributed by atoms with Gasteiger partial charge < -0.3 is 14.5 Å². The molecule has 2 aromatic carbocycles. The molecule has 0 spiro atoms. The van der Waals surface area contributed by atoms with Crippen molar-refractivity contribution in [3.8, 4) is 5.75 Å².